The first-order chi connectivity index (χ1) is 11.3. The standard InChI is InChI=1S/C16H10ClF3N2O2/c1-8(24-13-5-2-9(7-21)6-10(13)17)16(23)22-12-4-3-11(18)14(19)15(12)20/h2-6,8H,1H3,(H,22,23)/t8-/m0/s1. The topological polar surface area (TPSA) is 62.1 Å². The summed E-state index contributed by atoms with van der Waals surface area (Å²) < 4.78 is 44.9. The molecule has 4 nitrogen and oxygen atoms in total. The van der Waals surface area contributed by atoms with Crippen LogP contribution in [0.15, 0.2) is 30.3 Å². The molecule has 2 aromatic rings. The van der Waals surface area contributed by atoms with Crippen LogP contribution in [0, 0.1) is 28.8 Å². The van der Waals surface area contributed by atoms with Crippen LogP contribution in [0.3, 0.4) is 0 Å². The van der Waals surface area contributed by atoms with Gasteiger partial charge in [-0.1, -0.05) is 11.6 Å². The average Bonchev–Trinajstić information content (AvgIpc) is 2.56. The number of nitrogens with zero attached hydrogens (tertiary/aromatic N) is 1. The lowest BCUT2D eigenvalue weighted by Gasteiger charge is -2.16. The van der Waals surface area contributed by atoms with Crippen molar-refractivity contribution in [2.75, 3.05) is 5.32 Å². The summed E-state index contributed by atoms with van der Waals surface area (Å²) in [6.07, 6.45) is -1.11. The Morgan fingerprint density at radius 3 is 2.58 bits per heavy atom. The summed E-state index contributed by atoms with van der Waals surface area (Å²) in [5.74, 6) is -5.20. The Morgan fingerprint density at radius 2 is 1.96 bits per heavy atom. The van der Waals surface area contributed by atoms with E-state index in [-0.39, 0.29) is 10.8 Å². The van der Waals surface area contributed by atoms with E-state index in [0.717, 1.165) is 6.07 Å². The third kappa shape index (κ3) is 3.78. The lowest BCUT2D eigenvalue weighted by atomic mass is 10.2. The van der Waals surface area contributed by atoms with E-state index in [1.807, 2.05) is 6.07 Å². The Labute approximate surface area is 140 Å². The van der Waals surface area contributed by atoms with Crippen LogP contribution in [0.4, 0.5) is 18.9 Å². The number of carbonyl (C=O) groups is 1. The number of hydrogen-bond acceptors (Lipinski definition) is 3. The molecule has 2 aromatic carbocycles. The van der Waals surface area contributed by atoms with Crippen LogP contribution in [0.2, 0.25) is 5.02 Å². The molecule has 0 spiro atoms. The molecule has 1 amide bonds. The molecule has 0 saturated heterocycles. The van der Waals surface area contributed by atoms with Crippen LogP contribution in [-0.4, -0.2) is 12.0 Å². The number of carbonyl (C=O) groups excluding carboxylic acids is 1. The number of nitriles is 1. The summed E-state index contributed by atoms with van der Waals surface area (Å²) in [6, 6.07) is 7.69. The van der Waals surface area contributed by atoms with Crippen molar-refractivity contribution in [3.63, 3.8) is 0 Å². The van der Waals surface area contributed by atoms with E-state index in [9.17, 15) is 18.0 Å². The van der Waals surface area contributed by atoms with Gasteiger partial charge in [0.25, 0.3) is 5.91 Å². The monoisotopic (exact) mass is 354 g/mol. The summed E-state index contributed by atoms with van der Waals surface area (Å²) in [7, 11) is 0. The van der Waals surface area contributed by atoms with Gasteiger partial charge in [-0.05, 0) is 37.3 Å². The summed E-state index contributed by atoms with van der Waals surface area (Å²) in [4.78, 5) is 12.0. The molecule has 0 saturated carbocycles. The highest BCUT2D eigenvalue weighted by molar-refractivity contribution is 6.32. The van der Waals surface area contributed by atoms with E-state index in [2.05, 4.69) is 5.32 Å². The van der Waals surface area contributed by atoms with E-state index in [0.29, 0.717) is 11.6 Å². The minimum Gasteiger partial charge on any atom is -0.479 e. The van der Waals surface area contributed by atoms with Gasteiger partial charge in [0, 0.05) is 0 Å². The lowest BCUT2D eigenvalue weighted by Crippen LogP contribution is -2.30. The number of ether oxygens (including phenoxy) is 1. The number of anilines is 1. The number of benzene rings is 2. The fraction of sp³-hybridized carbons (Fsp3) is 0.125. The maximum absolute atomic E-state index is 13.5. The van der Waals surface area contributed by atoms with Crippen LogP contribution < -0.4 is 10.1 Å². The molecular formula is C16H10ClF3N2O2. The normalized spacial score (nSPS) is 11.5. The number of hydrogen-bond donors (Lipinski definition) is 1. The van der Waals surface area contributed by atoms with Crippen LogP contribution in [-0.2, 0) is 4.79 Å². The number of rotatable bonds is 4. The summed E-state index contributed by atoms with van der Waals surface area (Å²) in [5.41, 5.74) is -0.200. The maximum Gasteiger partial charge on any atom is 0.265 e. The molecule has 0 heterocycles. The Balaban J connectivity index is 2.11. The van der Waals surface area contributed by atoms with E-state index < -0.39 is 35.2 Å². The van der Waals surface area contributed by atoms with E-state index in [1.54, 1.807) is 0 Å². The second-order valence-corrected chi connectivity index (χ2v) is 5.14. The van der Waals surface area contributed by atoms with Crippen molar-refractivity contribution in [2.24, 2.45) is 0 Å². The zero-order chi connectivity index (χ0) is 17.9. The molecule has 0 aliphatic carbocycles. The molecule has 0 fully saturated rings. The van der Waals surface area contributed by atoms with Crippen molar-refractivity contribution in [1.82, 2.24) is 0 Å². The smallest absolute Gasteiger partial charge is 0.265 e. The highest BCUT2D eigenvalue weighted by Crippen LogP contribution is 2.26. The van der Waals surface area contributed by atoms with Crippen LogP contribution in [0.5, 0.6) is 5.75 Å². The summed E-state index contributed by atoms with van der Waals surface area (Å²) in [5, 5.41) is 11.0. The van der Waals surface area contributed by atoms with Crippen molar-refractivity contribution in [1.29, 1.82) is 5.26 Å². The molecule has 8 heteroatoms. The molecule has 124 valence electrons. The quantitative estimate of drug-likeness (QED) is 0.843. The Bertz CT molecular complexity index is 837. The van der Waals surface area contributed by atoms with Crippen LogP contribution in [0.1, 0.15) is 12.5 Å². The van der Waals surface area contributed by atoms with Gasteiger partial charge >= 0.3 is 0 Å². The third-order valence-electron chi connectivity index (χ3n) is 3.03. The molecule has 0 aliphatic heterocycles. The number of halogens is 4. The maximum atomic E-state index is 13.5. The molecule has 1 N–H and O–H groups in total. The second kappa shape index (κ2) is 7.23. The minimum atomic E-state index is -1.68. The predicted molar refractivity (Wildman–Crippen MR) is 81.2 cm³/mol. The van der Waals surface area contributed by atoms with E-state index in [1.165, 1.54) is 25.1 Å². The molecular weight excluding hydrogens is 345 g/mol. The average molecular weight is 355 g/mol. The van der Waals surface area contributed by atoms with Crippen molar-refractivity contribution < 1.29 is 22.7 Å². The fourth-order valence-corrected chi connectivity index (χ4v) is 1.99. The van der Waals surface area contributed by atoms with Gasteiger partial charge < -0.3 is 10.1 Å². The van der Waals surface area contributed by atoms with Crippen molar-refractivity contribution in [2.45, 2.75) is 13.0 Å². The molecule has 24 heavy (non-hydrogen) atoms. The van der Waals surface area contributed by atoms with Gasteiger partial charge in [0.1, 0.15) is 5.75 Å². The molecule has 1 atom stereocenters. The highest BCUT2D eigenvalue weighted by Gasteiger charge is 2.20. The second-order valence-electron chi connectivity index (χ2n) is 4.73. The molecule has 2 rings (SSSR count). The molecule has 0 unspecified atom stereocenters. The Hall–Kier alpha value is -2.72. The van der Waals surface area contributed by atoms with Gasteiger partial charge in [0.05, 0.1) is 22.3 Å². The molecule has 0 aliphatic rings. The van der Waals surface area contributed by atoms with Gasteiger partial charge in [-0.15, -0.1) is 0 Å². The van der Waals surface area contributed by atoms with E-state index >= 15 is 0 Å². The number of nitrogens with one attached hydrogen (secondary N) is 1. The fourth-order valence-electron chi connectivity index (χ4n) is 1.77. The zero-order valence-electron chi connectivity index (χ0n) is 12.2. The van der Waals surface area contributed by atoms with E-state index in [4.69, 9.17) is 21.6 Å². The van der Waals surface area contributed by atoms with Crippen molar-refractivity contribution in [3.8, 4) is 11.8 Å². The first-order valence-corrected chi connectivity index (χ1v) is 7.02. The van der Waals surface area contributed by atoms with Gasteiger partial charge in [-0.2, -0.15) is 5.26 Å². The Morgan fingerprint density at radius 1 is 1.25 bits per heavy atom. The lowest BCUT2D eigenvalue weighted by molar-refractivity contribution is -0.122. The SMILES string of the molecule is C[C@H](Oc1ccc(C#N)cc1Cl)C(=O)Nc1ccc(F)c(F)c1F. The largest absolute Gasteiger partial charge is 0.479 e. The van der Waals surface area contributed by atoms with Crippen molar-refractivity contribution >= 4 is 23.2 Å². The Kier molecular flexibility index (Phi) is 5.31. The molecule has 0 aromatic heterocycles. The summed E-state index contributed by atoms with van der Waals surface area (Å²) in [6.45, 7) is 1.36. The first-order valence-electron chi connectivity index (χ1n) is 6.64. The minimum absolute atomic E-state index is 0.118. The molecule has 0 radical (unpaired) electrons. The van der Waals surface area contributed by atoms with Gasteiger partial charge in [-0.3, -0.25) is 4.79 Å². The first kappa shape index (κ1) is 17.6. The highest BCUT2D eigenvalue weighted by atomic mass is 35.5. The predicted octanol–water partition coefficient (Wildman–Crippen LogP) is 4.03. The summed E-state index contributed by atoms with van der Waals surface area (Å²) >= 11 is 5.92. The number of amides is 1. The van der Waals surface area contributed by atoms with Crippen LogP contribution in [0.25, 0.3) is 0 Å². The van der Waals surface area contributed by atoms with Crippen molar-refractivity contribution in [3.05, 3.63) is 58.4 Å². The van der Waals surface area contributed by atoms with Gasteiger partial charge in [0.2, 0.25) is 0 Å². The third-order valence-corrected chi connectivity index (χ3v) is 3.32. The van der Waals surface area contributed by atoms with Gasteiger partial charge in [0.15, 0.2) is 23.6 Å². The van der Waals surface area contributed by atoms with Crippen LogP contribution >= 0.6 is 11.6 Å². The van der Waals surface area contributed by atoms with Gasteiger partial charge in [-0.25, -0.2) is 13.2 Å². The zero-order valence-corrected chi connectivity index (χ0v) is 13.0. The molecule has 0 bridgehead atoms.